The van der Waals surface area contributed by atoms with E-state index in [1.807, 2.05) is 0 Å². The first kappa shape index (κ1) is 14.5. The van der Waals surface area contributed by atoms with E-state index in [1.165, 1.54) is 30.3 Å². The fraction of sp³-hybridized carbons (Fsp3) is 0.200. The zero-order chi connectivity index (χ0) is 14.8. The second kappa shape index (κ2) is 5.63. The molecule has 1 N–H and O–H groups in total. The molecule has 0 amide bonds. The predicted octanol–water partition coefficient (Wildman–Crippen LogP) is 4.05. The molecule has 0 fully saturated rings. The van der Waals surface area contributed by atoms with Crippen molar-refractivity contribution >= 4 is 0 Å². The van der Waals surface area contributed by atoms with Crippen LogP contribution in [-0.4, -0.2) is 11.7 Å². The molecule has 0 unspecified atom stereocenters. The van der Waals surface area contributed by atoms with Crippen molar-refractivity contribution in [2.75, 3.05) is 6.61 Å². The Balaban J connectivity index is 2.48. The SMILES string of the molecule is OCCc1ccc(F)c(-c2cccc(C(F)(F)F)c2)c1. The quantitative estimate of drug-likeness (QED) is 0.843. The monoisotopic (exact) mass is 284 g/mol. The van der Waals surface area contributed by atoms with Crippen LogP contribution in [0.1, 0.15) is 11.1 Å². The molecule has 0 saturated heterocycles. The molecular formula is C15H12F4O. The lowest BCUT2D eigenvalue weighted by atomic mass is 9.99. The van der Waals surface area contributed by atoms with Crippen molar-refractivity contribution in [3.05, 3.63) is 59.4 Å². The van der Waals surface area contributed by atoms with Gasteiger partial charge in [-0.25, -0.2) is 4.39 Å². The third-order valence-corrected chi connectivity index (χ3v) is 2.93. The number of alkyl halides is 3. The van der Waals surface area contributed by atoms with Crippen LogP contribution >= 0.6 is 0 Å². The van der Waals surface area contributed by atoms with E-state index in [-0.39, 0.29) is 17.7 Å². The Labute approximate surface area is 113 Å². The van der Waals surface area contributed by atoms with Crippen LogP contribution in [0.15, 0.2) is 42.5 Å². The molecule has 0 heterocycles. The average Bonchev–Trinajstić information content (AvgIpc) is 2.40. The highest BCUT2D eigenvalue weighted by Gasteiger charge is 2.30. The fourth-order valence-corrected chi connectivity index (χ4v) is 1.94. The summed E-state index contributed by atoms with van der Waals surface area (Å²) in [6, 6.07) is 8.69. The van der Waals surface area contributed by atoms with Crippen molar-refractivity contribution in [3.8, 4) is 11.1 Å². The summed E-state index contributed by atoms with van der Waals surface area (Å²) < 4.78 is 51.8. The van der Waals surface area contributed by atoms with E-state index in [4.69, 9.17) is 5.11 Å². The van der Waals surface area contributed by atoms with Gasteiger partial charge in [-0.1, -0.05) is 18.2 Å². The molecule has 106 valence electrons. The second-order valence-corrected chi connectivity index (χ2v) is 4.37. The van der Waals surface area contributed by atoms with Crippen LogP contribution in [0.2, 0.25) is 0 Å². The number of halogens is 4. The predicted molar refractivity (Wildman–Crippen MR) is 67.6 cm³/mol. The Morgan fingerprint density at radius 3 is 2.40 bits per heavy atom. The van der Waals surface area contributed by atoms with Gasteiger partial charge in [0, 0.05) is 12.2 Å². The van der Waals surface area contributed by atoms with Gasteiger partial charge in [-0.3, -0.25) is 0 Å². The molecule has 0 radical (unpaired) electrons. The van der Waals surface area contributed by atoms with Gasteiger partial charge in [-0.15, -0.1) is 0 Å². The smallest absolute Gasteiger partial charge is 0.396 e. The van der Waals surface area contributed by atoms with Gasteiger partial charge < -0.3 is 5.11 Å². The standard InChI is InChI=1S/C15H12F4O/c16-14-5-4-10(6-7-20)8-13(14)11-2-1-3-12(9-11)15(17,18)19/h1-5,8-9,20H,6-7H2. The molecule has 1 nitrogen and oxygen atoms in total. The maximum atomic E-state index is 13.8. The van der Waals surface area contributed by atoms with Gasteiger partial charge in [0.05, 0.1) is 5.56 Å². The van der Waals surface area contributed by atoms with Crippen LogP contribution in [0.5, 0.6) is 0 Å². The molecule has 0 aliphatic carbocycles. The number of benzene rings is 2. The molecule has 0 aliphatic heterocycles. The lowest BCUT2D eigenvalue weighted by Crippen LogP contribution is -2.04. The van der Waals surface area contributed by atoms with Crippen LogP contribution in [0.25, 0.3) is 11.1 Å². The minimum absolute atomic E-state index is 0.0991. The zero-order valence-electron chi connectivity index (χ0n) is 10.4. The molecule has 0 aromatic heterocycles. The highest BCUT2D eigenvalue weighted by molar-refractivity contribution is 5.66. The number of hydrogen-bond acceptors (Lipinski definition) is 1. The van der Waals surface area contributed by atoms with Crippen molar-refractivity contribution in [1.29, 1.82) is 0 Å². The van der Waals surface area contributed by atoms with Gasteiger partial charge in [0.2, 0.25) is 0 Å². The summed E-state index contributed by atoms with van der Waals surface area (Å²) in [6.07, 6.45) is -4.14. The van der Waals surface area contributed by atoms with Gasteiger partial charge in [-0.05, 0) is 41.8 Å². The molecule has 20 heavy (non-hydrogen) atoms. The summed E-state index contributed by atoms with van der Waals surface area (Å²) in [5.41, 5.74) is 0.113. The highest BCUT2D eigenvalue weighted by atomic mass is 19.4. The highest BCUT2D eigenvalue weighted by Crippen LogP contribution is 2.33. The minimum Gasteiger partial charge on any atom is -0.396 e. The third-order valence-electron chi connectivity index (χ3n) is 2.93. The van der Waals surface area contributed by atoms with Crippen molar-refractivity contribution in [1.82, 2.24) is 0 Å². The Kier molecular flexibility index (Phi) is 4.09. The van der Waals surface area contributed by atoms with Crippen LogP contribution in [-0.2, 0) is 12.6 Å². The van der Waals surface area contributed by atoms with E-state index >= 15 is 0 Å². The zero-order valence-corrected chi connectivity index (χ0v) is 10.4. The maximum Gasteiger partial charge on any atom is 0.416 e. The number of aliphatic hydroxyl groups excluding tert-OH is 1. The Hall–Kier alpha value is -1.88. The number of aliphatic hydroxyl groups is 1. The van der Waals surface area contributed by atoms with Crippen LogP contribution in [0, 0.1) is 5.82 Å². The van der Waals surface area contributed by atoms with Gasteiger partial charge >= 0.3 is 6.18 Å². The van der Waals surface area contributed by atoms with E-state index in [0.29, 0.717) is 12.0 Å². The van der Waals surface area contributed by atoms with Gasteiger partial charge in [0.1, 0.15) is 5.82 Å². The molecule has 2 aromatic rings. The second-order valence-electron chi connectivity index (χ2n) is 4.37. The fourth-order valence-electron chi connectivity index (χ4n) is 1.94. The largest absolute Gasteiger partial charge is 0.416 e. The molecule has 0 spiro atoms. The summed E-state index contributed by atoms with van der Waals surface area (Å²) in [7, 11) is 0. The third kappa shape index (κ3) is 3.17. The first-order valence-electron chi connectivity index (χ1n) is 5.99. The van der Waals surface area contributed by atoms with Crippen molar-refractivity contribution in [2.24, 2.45) is 0 Å². The lowest BCUT2D eigenvalue weighted by Gasteiger charge is -2.10. The first-order chi connectivity index (χ1) is 9.41. The number of hydrogen-bond donors (Lipinski definition) is 1. The van der Waals surface area contributed by atoms with Crippen LogP contribution in [0.4, 0.5) is 17.6 Å². The van der Waals surface area contributed by atoms with Gasteiger partial charge in [-0.2, -0.15) is 13.2 Å². The molecule has 0 aliphatic rings. The van der Waals surface area contributed by atoms with Crippen molar-refractivity contribution in [2.45, 2.75) is 12.6 Å². The summed E-state index contributed by atoms with van der Waals surface area (Å²) >= 11 is 0. The van der Waals surface area contributed by atoms with E-state index < -0.39 is 17.6 Å². The normalized spacial score (nSPS) is 11.7. The summed E-state index contributed by atoms with van der Waals surface area (Å²) in [5, 5.41) is 8.86. The molecule has 2 rings (SSSR count). The molecular weight excluding hydrogens is 272 g/mol. The average molecular weight is 284 g/mol. The maximum absolute atomic E-state index is 13.8. The van der Waals surface area contributed by atoms with Crippen molar-refractivity contribution in [3.63, 3.8) is 0 Å². The first-order valence-corrected chi connectivity index (χ1v) is 5.99. The molecule has 0 atom stereocenters. The van der Waals surface area contributed by atoms with E-state index in [1.54, 1.807) is 0 Å². The lowest BCUT2D eigenvalue weighted by molar-refractivity contribution is -0.137. The van der Waals surface area contributed by atoms with Gasteiger partial charge in [0.25, 0.3) is 0 Å². The molecule has 5 heteroatoms. The van der Waals surface area contributed by atoms with Crippen LogP contribution < -0.4 is 0 Å². The van der Waals surface area contributed by atoms with E-state index in [0.717, 1.165) is 12.1 Å². The van der Waals surface area contributed by atoms with Crippen LogP contribution in [0.3, 0.4) is 0 Å². The Bertz CT molecular complexity index is 605. The number of rotatable bonds is 3. The Morgan fingerprint density at radius 1 is 1.00 bits per heavy atom. The molecule has 0 saturated carbocycles. The minimum atomic E-state index is -4.46. The summed E-state index contributed by atoms with van der Waals surface area (Å²) in [6.45, 7) is -0.104. The topological polar surface area (TPSA) is 20.2 Å². The molecule has 2 aromatic carbocycles. The van der Waals surface area contributed by atoms with Crippen molar-refractivity contribution < 1.29 is 22.7 Å². The summed E-state index contributed by atoms with van der Waals surface area (Å²) in [4.78, 5) is 0. The van der Waals surface area contributed by atoms with Gasteiger partial charge in [0.15, 0.2) is 0 Å². The van der Waals surface area contributed by atoms with E-state index in [9.17, 15) is 17.6 Å². The van der Waals surface area contributed by atoms with E-state index in [2.05, 4.69) is 0 Å². The molecule has 0 bridgehead atoms. The summed E-state index contributed by atoms with van der Waals surface area (Å²) in [5.74, 6) is -0.592. The Morgan fingerprint density at radius 2 is 1.75 bits per heavy atom.